The second-order valence-corrected chi connectivity index (χ2v) is 7.56. The van der Waals surface area contributed by atoms with E-state index in [2.05, 4.69) is 26.1 Å². The summed E-state index contributed by atoms with van der Waals surface area (Å²) < 4.78 is 0.503. The molecule has 2 aromatic rings. The van der Waals surface area contributed by atoms with Crippen molar-refractivity contribution in [2.75, 3.05) is 0 Å². The highest BCUT2D eigenvalue weighted by Crippen LogP contribution is 2.33. The summed E-state index contributed by atoms with van der Waals surface area (Å²) in [6.45, 7) is 5.28. The largest absolute Gasteiger partial charge is 0.358 e. The molecule has 128 valence electrons. The highest BCUT2D eigenvalue weighted by atomic mass is 79.9. The van der Waals surface area contributed by atoms with Gasteiger partial charge in [-0.15, -0.1) is 4.91 Å². The molecular formula is C16H17BrN2O4S. The van der Waals surface area contributed by atoms with Gasteiger partial charge in [-0.25, -0.2) is 0 Å². The number of hydrogen-bond acceptors (Lipinski definition) is 6. The van der Waals surface area contributed by atoms with Crippen molar-refractivity contribution in [1.29, 1.82) is 0 Å². The van der Waals surface area contributed by atoms with E-state index >= 15 is 0 Å². The number of halogens is 1. The third-order valence-electron chi connectivity index (χ3n) is 2.41. The van der Waals surface area contributed by atoms with Gasteiger partial charge in [-0.05, 0) is 61.0 Å². The van der Waals surface area contributed by atoms with Crippen molar-refractivity contribution in [3.63, 3.8) is 0 Å². The Bertz CT molecular complexity index is 690. The van der Waals surface area contributed by atoms with E-state index in [9.17, 15) is 15.0 Å². The van der Waals surface area contributed by atoms with E-state index in [1.54, 1.807) is 44.7 Å². The van der Waals surface area contributed by atoms with E-state index in [1.807, 2.05) is 30.3 Å². The third kappa shape index (κ3) is 7.56. The van der Waals surface area contributed by atoms with Crippen LogP contribution in [0.4, 0.5) is 5.69 Å². The van der Waals surface area contributed by atoms with Gasteiger partial charge < -0.3 is 4.84 Å². The summed E-state index contributed by atoms with van der Waals surface area (Å²) >= 11 is 4.78. The Morgan fingerprint density at radius 2 is 1.75 bits per heavy atom. The molecule has 0 saturated heterocycles. The van der Waals surface area contributed by atoms with Crippen LogP contribution in [0.5, 0.6) is 0 Å². The van der Waals surface area contributed by atoms with E-state index in [4.69, 9.17) is 0 Å². The normalized spacial score (nSPS) is 10.3. The second-order valence-electron chi connectivity index (χ2n) is 5.56. The maximum absolute atomic E-state index is 10.7. The lowest BCUT2D eigenvalue weighted by molar-refractivity contribution is -0.385. The lowest BCUT2D eigenvalue weighted by Gasteiger charge is -2.11. The number of hydrogen-bond donors (Lipinski definition) is 0. The van der Waals surface area contributed by atoms with E-state index in [-0.39, 0.29) is 5.69 Å². The Balaban J connectivity index is 0.000000351. The van der Waals surface area contributed by atoms with Crippen LogP contribution in [-0.4, -0.2) is 10.5 Å². The van der Waals surface area contributed by atoms with Gasteiger partial charge in [0, 0.05) is 15.9 Å². The van der Waals surface area contributed by atoms with Gasteiger partial charge in [0.25, 0.3) is 5.69 Å². The fourth-order valence-corrected chi connectivity index (χ4v) is 2.99. The van der Waals surface area contributed by atoms with Crippen LogP contribution in [0.1, 0.15) is 20.8 Å². The number of rotatable bonds is 4. The fourth-order valence-electron chi connectivity index (χ4n) is 1.44. The van der Waals surface area contributed by atoms with Crippen LogP contribution in [0.3, 0.4) is 0 Å². The Kier molecular flexibility index (Phi) is 7.87. The number of benzene rings is 2. The minimum Gasteiger partial charge on any atom is -0.358 e. The lowest BCUT2D eigenvalue weighted by atomic mass is 10.2. The molecule has 0 radical (unpaired) electrons. The average Bonchev–Trinajstić information content (AvgIpc) is 2.47. The average molecular weight is 413 g/mol. The van der Waals surface area contributed by atoms with Gasteiger partial charge >= 0.3 is 0 Å². The van der Waals surface area contributed by atoms with E-state index < -0.39 is 10.5 Å². The number of nitro benzene ring substituents is 1. The van der Waals surface area contributed by atoms with E-state index in [0.717, 1.165) is 9.79 Å². The summed E-state index contributed by atoms with van der Waals surface area (Å²) in [5, 5.41) is 12.9. The molecule has 0 N–H and O–H groups in total. The first-order valence-corrected chi connectivity index (χ1v) is 8.51. The molecule has 8 heteroatoms. The first-order chi connectivity index (χ1) is 11.2. The minimum absolute atomic E-state index is 0.0856. The predicted octanol–water partition coefficient (Wildman–Crippen LogP) is 5.99. The zero-order chi connectivity index (χ0) is 18.2. The summed E-state index contributed by atoms with van der Waals surface area (Å²) in [5.74, 6) is 0. The van der Waals surface area contributed by atoms with Crippen LogP contribution in [0.25, 0.3) is 0 Å². The molecule has 0 fully saturated rings. The first kappa shape index (κ1) is 20.1. The molecule has 0 unspecified atom stereocenters. The second kappa shape index (κ2) is 9.39. The van der Waals surface area contributed by atoms with Gasteiger partial charge in [0.15, 0.2) is 5.34 Å². The van der Waals surface area contributed by atoms with Crippen molar-refractivity contribution < 1.29 is 9.76 Å². The highest BCUT2D eigenvalue weighted by Gasteiger charge is 2.12. The van der Waals surface area contributed by atoms with Crippen LogP contribution in [0, 0.1) is 15.0 Å². The molecule has 2 aromatic carbocycles. The summed E-state index contributed by atoms with van der Waals surface area (Å²) in [6.07, 6.45) is 0. The SMILES string of the molecule is CC(C)(C)ON=O.O=[N+]([O-])c1ccc(Sc2ccccc2)cc1Br. The molecule has 0 amide bonds. The Morgan fingerprint density at radius 3 is 2.17 bits per heavy atom. The number of nitrogens with zero attached hydrogens (tertiary/aromatic N) is 2. The molecule has 0 aliphatic carbocycles. The van der Waals surface area contributed by atoms with Crippen molar-refractivity contribution in [1.82, 2.24) is 0 Å². The Morgan fingerprint density at radius 1 is 1.12 bits per heavy atom. The lowest BCUT2D eigenvalue weighted by Crippen LogP contribution is -2.14. The van der Waals surface area contributed by atoms with Crippen LogP contribution in [-0.2, 0) is 4.84 Å². The quantitative estimate of drug-likeness (QED) is 0.349. The molecule has 0 bridgehead atoms. The topological polar surface area (TPSA) is 81.8 Å². The van der Waals surface area contributed by atoms with E-state index in [0.29, 0.717) is 4.47 Å². The summed E-state index contributed by atoms with van der Waals surface area (Å²) in [4.78, 5) is 26.0. The van der Waals surface area contributed by atoms with Gasteiger partial charge in [0.1, 0.15) is 5.60 Å². The van der Waals surface area contributed by atoms with Crippen LogP contribution >= 0.6 is 27.7 Å². The maximum atomic E-state index is 10.7. The highest BCUT2D eigenvalue weighted by molar-refractivity contribution is 9.10. The molecule has 0 aliphatic heterocycles. The monoisotopic (exact) mass is 412 g/mol. The van der Waals surface area contributed by atoms with Gasteiger partial charge in [-0.3, -0.25) is 10.1 Å². The zero-order valence-corrected chi connectivity index (χ0v) is 15.8. The van der Waals surface area contributed by atoms with Crippen molar-refractivity contribution in [3.8, 4) is 0 Å². The smallest absolute Gasteiger partial charge is 0.283 e. The molecule has 2 rings (SSSR count). The van der Waals surface area contributed by atoms with Crippen LogP contribution < -0.4 is 0 Å². The molecule has 0 aromatic heterocycles. The summed E-state index contributed by atoms with van der Waals surface area (Å²) in [7, 11) is 0. The van der Waals surface area contributed by atoms with Crippen molar-refractivity contribution >= 4 is 33.4 Å². The molecule has 0 spiro atoms. The molecular weight excluding hydrogens is 396 g/mol. The van der Waals surface area contributed by atoms with Gasteiger partial charge in [-0.2, -0.15) is 0 Å². The van der Waals surface area contributed by atoms with Crippen molar-refractivity contribution in [3.05, 3.63) is 68.0 Å². The van der Waals surface area contributed by atoms with Crippen molar-refractivity contribution in [2.45, 2.75) is 36.2 Å². The molecule has 6 nitrogen and oxygen atoms in total. The third-order valence-corrected chi connectivity index (χ3v) is 4.04. The molecule has 0 aliphatic rings. The number of nitro groups is 1. The summed E-state index contributed by atoms with van der Waals surface area (Å²) in [5.41, 5.74) is -0.343. The molecule has 0 atom stereocenters. The fraction of sp³-hybridized carbons (Fsp3) is 0.250. The summed E-state index contributed by atoms with van der Waals surface area (Å²) in [6, 6.07) is 14.9. The molecule has 0 saturated carbocycles. The Labute approximate surface area is 152 Å². The molecule has 0 heterocycles. The minimum atomic E-state index is -0.429. The van der Waals surface area contributed by atoms with E-state index in [1.165, 1.54) is 6.07 Å². The first-order valence-electron chi connectivity index (χ1n) is 6.90. The maximum Gasteiger partial charge on any atom is 0.283 e. The van der Waals surface area contributed by atoms with Crippen LogP contribution in [0.15, 0.2) is 68.1 Å². The van der Waals surface area contributed by atoms with Crippen LogP contribution in [0.2, 0.25) is 0 Å². The standard InChI is InChI=1S/C12H8BrNO2S.C4H9NO2/c13-11-8-10(6-7-12(11)14(15)16)17-9-4-2-1-3-5-9;1-4(2,3)7-5-6/h1-8H;1-3H3. The molecule has 24 heavy (non-hydrogen) atoms. The van der Waals surface area contributed by atoms with Gasteiger partial charge in [0.05, 0.1) is 9.40 Å². The van der Waals surface area contributed by atoms with Gasteiger partial charge in [-0.1, -0.05) is 30.0 Å². The Hall–Kier alpha value is -1.93. The predicted molar refractivity (Wildman–Crippen MR) is 98.0 cm³/mol. The zero-order valence-electron chi connectivity index (χ0n) is 13.4. The van der Waals surface area contributed by atoms with Gasteiger partial charge in [0.2, 0.25) is 0 Å². The van der Waals surface area contributed by atoms with Crippen molar-refractivity contribution in [2.24, 2.45) is 5.34 Å².